The molecule has 20 heavy (non-hydrogen) atoms. The molecule has 112 valence electrons. The Balaban J connectivity index is 1.79. The number of rotatable bonds is 5. The third-order valence-corrected chi connectivity index (χ3v) is 3.87. The van der Waals surface area contributed by atoms with E-state index in [0.29, 0.717) is 19.6 Å². The monoisotopic (exact) mass is 283 g/mol. The van der Waals surface area contributed by atoms with Crippen molar-refractivity contribution in [1.82, 2.24) is 15.5 Å². The van der Waals surface area contributed by atoms with E-state index >= 15 is 0 Å². The fourth-order valence-corrected chi connectivity index (χ4v) is 2.85. The average molecular weight is 283 g/mol. The molecule has 2 aliphatic rings. The van der Waals surface area contributed by atoms with Crippen molar-refractivity contribution in [3.63, 3.8) is 0 Å². The Morgan fingerprint density at radius 3 is 2.90 bits per heavy atom. The van der Waals surface area contributed by atoms with Gasteiger partial charge in [-0.3, -0.25) is 14.4 Å². The third kappa shape index (κ3) is 3.93. The van der Waals surface area contributed by atoms with Gasteiger partial charge >= 0.3 is 5.97 Å². The molecule has 0 spiro atoms. The molecule has 2 saturated heterocycles. The minimum Gasteiger partial charge on any atom is -0.480 e. The molecule has 2 rings (SSSR count). The van der Waals surface area contributed by atoms with Crippen molar-refractivity contribution < 1.29 is 19.5 Å². The van der Waals surface area contributed by atoms with Crippen molar-refractivity contribution in [3.8, 4) is 0 Å². The van der Waals surface area contributed by atoms with Gasteiger partial charge in [0.25, 0.3) is 0 Å². The molecule has 2 amide bonds. The predicted octanol–water partition coefficient (Wildman–Crippen LogP) is -0.965. The van der Waals surface area contributed by atoms with E-state index in [1.807, 2.05) is 4.90 Å². The Morgan fingerprint density at radius 2 is 2.25 bits per heavy atom. The summed E-state index contributed by atoms with van der Waals surface area (Å²) in [5, 5.41) is 14.2. The number of likely N-dealkylation sites (tertiary alicyclic amines) is 1. The van der Waals surface area contributed by atoms with Crippen LogP contribution in [0.4, 0.5) is 0 Å². The molecule has 0 saturated carbocycles. The zero-order chi connectivity index (χ0) is 14.5. The lowest BCUT2D eigenvalue weighted by Crippen LogP contribution is -2.46. The molecule has 2 unspecified atom stereocenters. The summed E-state index contributed by atoms with van der Waals surface area (Å²) in [6.45, 7) is 2.38. The number of carboxylic acid groups (broad SMARTS) is 1. The second kappa shape index (κ2) is 6.69. The Kier molecular flexibility index (Phi) is 4.94. The van der Waals surface area contributed by atoms with Crippen LogP contribution >= 0.6 is 0 Å². The second-order valence-electron chi connectivity index (χ2n) is 5.52. The minimum absolute atomic E-state index is 0.0475. The lowest BCUT2D eigenvalue weighted by Gasteiger charge is -2.34. The third-order valence-electron chi connectivity index (χ3n) is 3.87. The standard InChI is InChI=1S/C13H21N3O4/c17-11-4-10(6-15-11)13(20)16-3-1-2-9(8-16)5-14-7-12(18)19/h9-10,14H,1-8H2,(H,15,17)(H,18,19). The number of piperidine rings is 1. The largest absolute Gasteiger partial charge is 0.480 e. The van der Waals surface area contributed by atoms with E-state index in [2.05, 4.69) is 10.6 Å². The van der Waals surface area contributed by atoms with Crippen LogP contribution in [0.1, 0.15) is 19.3 Å². The number of nitrogens with one attached hydrogen (secondary N) is 2. The first-order chi connectivity index (χ1) is 9.56. The molecule has 0 aromatic rings. The number of carbonyl (C=O) groups is 3. The number of nitrogens with zero attached hydrogens (tertiary/aromatic N) is 1. The Hall–Kier alpha value is -1.63. The number of carbonyl (C=O) groups excluding carboxylic acids is 2. The molecule has 2 fully saturated rings. The first-order valence-electron chi connectivity index (χ1n) is 7.04. The number of hydrogen-bond donors (Lipinski definition) is 3. The molecule has 0 aliphatic carbocycles. The molecule has 2 aliphatic heterocycles. The van der Waals surface area contributed by atoms with Gasteiger partial charge in [0.05, 0.1) is 12.5 Å². The predicted molar refractivity (Wildman–Crippen MR) is 70.9 cm³/mol. The summed E-state index contributed by atoms with van der Waals surface area (Å²) in [5.74, 6) is -0.819. The molecule has 2 atom stereocenters. The van der Waals surface area contributed by atoms with Gasteiger partial charge in [0.15, 0.2) is 0 Å². The molecule has 0 aromatic carbocycles. The summed E-state index contributed by atoms with van der Waals surface area (Å²) in [7, 11) is 0. The van der Waals surface area contributed by atoms with Crippen LogP contribution in [0.3, 0.4) is 0 Å². The summed E-state index contributed by atoms with van der Waals surface area (Å²) in [4.78, 5) is 35.7. The quantitative estimate of drug-likeness (QED) is 0.603. The summed E-state index contributed by atoms with van der Waals surface area (Å²) in [5.41, 5.74) is 0. The van der Waals surface area contributed by atoms with Gasteiger partial charge in [-0.05, 0) is 18.8 Å². The molecule has 7 heteroatoms. The maximum Gasteiger partial charge on any atom is 0.317 e. The Labute approximate surface area is 117 Å². The molecule has 0 aromatic heterocycles. The van der Waals surface area contributed by atoms with Crippen LogP contribution in [0.25, 0.3) is 0 Å². The van der Waals surface area contributed by atoms with Crippen molar-refractivity contribution in [1.29, 1.82) is 0 Å². The normalized spacial score (nSPS) is 26.4. The van der Waals surface area contributed by atoms with Crippen LogP contribution in [0.15, 0.2) is 0 Å². The van der Waals surface area contributed by atoms with E-state index in [-0.39, 0.29) is 36.6 Å². The maximum atomic E-state index is 12.3. The highest BCUT2D eigenvalue weighted by molar-refractivity contribution is 5.89. The highest BCUT2D eigenvalue weighted by atomic mass is 16.4. The zero-order valence-corrected chi connectivity index (χ0v) is 11.4. The van der Waals surface area contributed by atoms with Gasteiger partial charge in [-0.25, -0.2) is 0 Å². The van der Waals surface area contributed by atoms with E-state index in [0.717, 1.165) is 19.4 Å². The zero-order valence-electron chi connectivity index (χ0n) is 11.4. The summed E-state index contributed by atoms with van der Waals surface area (Å²) in [6, 6.07) is 0. The van der Waals surface area contributed by atoms with Gasteiger partial charge in [0.2, 0.25) is 11.8 Å². The van der Waals surface area contributed by atoms with Crippen LogP contribution in [0, 0.1) is 11.8 Å². The molecular formula is C13H21N3O4. The van der Waals surface area contributed by atoms with Gasteiger partial charge in [-0.2, -0.15) is 0 Å². The van der Waals surface area contributed by atoms with Crippen molar-refractivity contribution >= 4 is 17.8 Å². The second-order valence-corrected chi connectivity index (χ2v) is 5.52. The molecule has 0 bridgehead atoms. The van der Waals surface area contributed by atoms with Crippen LogP contribution in [0.2, 0.25) is 0 Å². The highest BCUT2D eigenvalue weighted by Crippen LogP contribution is 2.20. The van der Waals surface area contributed by atoms with Gasteiger partial charge in [0.1, 0.15) is 0 Å². The first kappa shape index (κ1) is 14.8. The van der Waals surface area contributed by atoms with E-state index in [4.69, 9.17) is 5.11 Å². The van der Waals surface area contributed by atoms with Crippen LogP contribution in [-0.2, 0) is 14.4 Å². The minimum atomic E-state index is -0.871. The van der Waals surface area contributed by atoms with Crippen molar-refractivity contribution in [2.24, 2.45) is 11.8 Å². The summed E-state index contributed by atoms with van der Waals surface area (Å²) >= 11 is 0. The molecule has 3 N–H and O–H groups in total. The Morgan fingerprint density at radius 1 is 1.45 bits per heavy atom. The van der Waals surface area contributed by atoms with Crippen LogP contribution < -0.4 is 10.6 Å². The number of amides is 2. The Bertz CT molecular complexity index is 399. The fourth-order valence-electron chi connectivity index (χ4n) is 2.85. The summed E-state index contributed by atoms with van der Waals surface area (Å²) in [6.07, 6.45) is 2.22. The van der Waals surface area contributed by atoms with E-state index < -0.39 is 5.97 Å². The van der Waals surface area contributed by atoms with Crippen molar-refractivity contribution in [2.45, 2.75) is 19.3 Å². The first-order valence-corrected chi connectivity index (χ1v) is 7.04. The lowest BCUT2D eigenvalue weighted by molar-refractivity contribution is -0.138. The average Bonchev–Trinajstić information content (AvgIpc) is 2.84. The van der Waals surface area contributed by atoms with Gasteiger partial charge in [0, 0.05) is 32.6 Å². The van der Waals surface area contributed by atoms with Gasteiger partial charge in [-0.1, -0.05) is 0 Å². The molecule has 2 heterocycles. The number of hydrogen-bond acceptors (Lipinski definition) is 4. The fraction of sp³-hybridized carbons (Fsp3) is 0.769. The van der Waals surface area contributed by atoms with E-state index in [9.17, 15) is 14.4 Å². The lowest BCUT2D eigenvalue weighted by atomic mass is 9.96. The van der Waals surface area contributed by atoms with E-state index in [1.54, 1.807) is 0 Å². The molecule has 0 radical (unpaired) electrons. The van der Waals surface area contributed by atoms with Crippen LogP contribution in [0.5, 0.6) is 0 Å². The van der Waals surface area contributed by atoms with Gasteiger partial charge < -0.3 is 20.6 Å². The smallest absolute Gasteiger partial charge is 0.317 e. The number of aliphatic carboxylic acids is 1. The SMILES string of the molecule is O=C(O)CNCC1CCCN(C(=O)C2CNC(=O)C2)C1. The van der Waals surface area contributed by atoms with Gasteiger partial charge in [-0.15, -0.1) is 0 Å². The van der Waals surface area contributed by atoms with E-state index in [1.165, 1.54) is 0 Å². The van der Waals surface area contributed by atoms with Crippen LogP contribution in [-0.4, -0.2) is 60.5 Å². The van der Waals surface area contributed by atoms with Crippen molar-refractivity contribution in [2.75, 3.05) is 32.7 Å². The molecular weight excluding hydrogens is 262 g/mol. The number of carboxylic acids is 1. The topological polar surface area (TPSA) is 98.7 Å². The van der Waals surface area contributed by atoms with Crippen molar-refractivity contribution in [3.05, 3.63) is 0 Å². The molecule has 7 nitrogen and oxygen atoms in total. The highest BCUT2D eigenvalue weighted by Gasteiger charge is 2.33. The maximum absolute atomic E-state index is 12.3. The summed E-state index contributed by atoms with van der Waals surface area (Å²) < 4.78 is 0.